The second-order valence-electron chi connectivity index (χ2n) is 4.66. The van der Waals surface area contributed by atoms with Crippen LogP contribution in [0.5, 0.6) is 5.75 Å². The molecule has 5 nitrogen and oxygen atoms in total. The van der Waals surface area contributed by atoms with E-state index in [1.54, 1.807) is 12.1 Å². The molecule has 7 heteroatoms. The van der Waals surface area contributed by atoms with Gasteiger partial charge in [0.15, 0.2) is 11.9 Å². The number of halogens is 2. The minimum absolute atomic E-state index is 0. The standard InChI is InChI=1S/C14H18ClN3O2.ClH/c1-9(16-3)7-13-17-14(20-18-13)10(2)19-12-6-4-5-11(15)8-12;/h4-6,8-10,16H,7H2,1-3H3;1H. The van der Waals surface area contributed by atoms with Crippen LogP contribution in [0.3, 0.4) is 0 Å². The van der Waals surface area contributed by atoms with E-state index in [1.165, 1.54) is 0 Å². The zero-order valence-electron chi connectivity index (χ0n) is 12.2. The van der Waals surface area contributed by atoms with Crippen molar-refractivity contribution in [1.82, 2.24) is 15.5 Å². The van der Waals surface area contributed by atoms with Crippen LogP contribution in [0, 0.1) is 0 Å². The van der Waals surface area contributed by atoms with Crippen LogP contribution in [-0.2, 0) is 6.42 Å². The predicted octanol–water partition coefficient (Wildman–Crippen LogP) is 3.44. The van der Waals surface area contributed by atoms with Gasteiger partial charge in [0, 0.05) is 17.5 Å². The third kappa shape index (κ3) is 5.19. The number of hydrogen-bond donors (Lipinski definition) is 1. The van der Waals surface area contributed by atoms with Gasteiger partial charge < -0.3 is 14.6 Å². The summed E-state index contributed by atoms with van der Waals surface area (Å²) in [6.07, 6.45) is 0.392. The van der Waals surface area contributed by atoms with Crippen molar-refractivity contribution < 1.29 is 9.26 Å². The number of likely N-dealkylation sites (N-methyl/N-ethyl adjacent to an activating group) is 1. The lowest BCUT2D eigenvalue weighted by molar-refractivity contribution is 0.175. The molecule has 0 radical (unpaired) electrons. The molecule has 1 heterocycles. The third-order valence-electron chi connectivity index (χ3n) is 2.92. The van der Waals surface area contributed by atoms with Crippen LogP contribution in [0.2, 0.25) is 5.02 Å². The van der Waals surface area contributed by atoms with E-state index < -0.39 is 0 Å². The monoisotopic (exact) mass is 331 g/mol. The molecule has 0 saturated heterocycles. The maximum absolute atomic E-state index is 5.91. The van der Waals surface area contributed by atoms with E-state index >= 15 is 0 Å². The van der Waals surface area contributed by atoms with E-state index in [4.69, 9.17) is 20.9 Å². The number of nitrogens with one attached hydrogen (secondary N) is 1. The molecule has 116 valence electrons. The molecule has 1 aromatic heterocycles. The van der Waals surface area contributed by atoms with Gasteiger partial charge in [0.1, 0.15) is 5.75 Å². The number of aromatic nitrogens is 2. The third-order valence-corrected chi connectivity index (χ3v) is 3.16. The molecular weight excluding hydrogens is 313 g/mol. The Morgan fingerprint density at radius 3 is 2.81 bits per heavy atom. The highest BCUT2D eigenvalue weighted by Gasteiger charge is 2.17. The van der Waals surface area contributed by atoms with Crippen molar-refractivity contribution in [2.75, 3.05) is 7.05 Å². The Kier molecular flexibility index (Phi) is 6.95. The minimum atomic E-state index is -0.320. The summed E-state index contributed by atoms with van der Waals surface area (Å²) in [6.45, 7) is 3.92. The van der Waals surface area contributed by atoms with Gasteiger partial charge in [-0.05, 0) is 39.1 Å². The zero-order valence-corrected chi connectivity index (χ0v) is 13.7. The maximum Gasteiger partial charge on any atom is 0.267 e. The summed E-state index contributed by atoms with van der Waals surface area (Å²) in [5.74, 6) is 1.81. The molecule has 2 unspecified atom stereocenters. The molecule has 2 rings (SSSR count). The Labute approximate surface area is 135 Å². The minimum Gasteiger partial charge on any atom is -0.481 e. The van der Waals surface area contributed by atoms with Crippen molar-refractivity contribution in [3.63, 3.8) is 0 Å². The molecule has 1 aromatic carbocycles. The second kappa shape index (κ2) is 8.22. The van der Waals surface area contributed by atoms with E-state index in [0.717, 1.165) is 0 Å². The van der Waals surface area contributed by atoms with Gasteiger partial charge in [-0.3, -0.25) is 0 Å². The average molecular weight is 332 g/mol. The second-order valence-corrected chi connectivity index (χ2v) is 5.10. The van der Waals surface area contributed by atoms with Gasteiger partial charge >= 0.3 is 0 Å². The smallest absolute Gasteiger partial charge is 0.267 e. The van der Waals surface area contributed by atoms with Crippen LogP contribution in [0.4, 0.5) is 0 Å². The molecule has 0 aliphatic carbocycles. The zero-order chi connectivity index (χ0) is 14.5. The first-order chi connectivity index (χ1) is 9.58. The summed E-state index contributed by atoms with van der Waals surface area (Å²) in [6, 6.07) is 7.51. The highest BCUT2D eigenvalue weighted by molar-refractivity contribution is 6.30. The number of benzene rings is 1. The Balaban J connectivity index is 0.00000220. The first-order valence-electron chi connectivity index (χ1n) is 6.50. The summed E-state index contributed by atoms with van der Waals surface area (Å²) in [5.41, 5.74) is 0. The van der Waals surface area contributed by atoms with Crippen LogP contribution < -0.4 is 10.1 Å². The van der Waals surface area contributed by atoms with Gasteiger partial charge in [0.25, 0.3) is 5.89 Å². The fourth-order valence-corrected chi connectivity index (χ4v) is 1.87. The maximum atomic E-state index is 5.91. The van der Waals surface area contributed by atoms with Gasteiger partial charge in [-0.2, -0.15) is 4.98 Å². The summed E-state index contributed by atoms with van der Waals surface area (Å²) < 4.78 is 11.0. The summed E-state index contributed by atoms with van der Waals surface area (Å²) in [5, 5.41) is 7.71. The molecule has 0 aliphatic heterocycles. The summed E-state index contributed by atoms with van der Waals surface area (Å²) in [7, 11) is 1.90. The number of ether oxygens (including phenoxy) is 1. The van der Waals surface area contributed by atoms with Crippen LogP contribution in [0.25, 0.3) is 0 Å². The summed E-state index contributed by atoms with van der Waals surface area (Å²) in [4.78, 5) is 4.34. The largest absolute Gasteiger partial charge is 0.481 e. The topological polar surface area (TPSA) is 60.2 Å². The molecule has 0 fully saturated rings. The van der Waals surface area contributed by atoms with Crippen LogP contribution in [0.15, 0.2) is 28.8 Å². The van der Waals surface area contributed by atoms with E-state index in [9.17, 15) is 0 Å². The van der Waals surface area contributed by atoms with Crippen LogP contribution in [0.1, 0.15) is 31.7 Å². The normalized spacial score (nSPS) is 13.3. The van der Waals surface area contributed by atoms with Crippen molar-refractivity contribution >= 4 is 24.0 Å². The fraction of sp³-hybridized carbons (Fsp3) is 0.429. The lowest BCUT2D eigenvalue weighted by Crippen LogP contribution is -2.24. The Hall–Kier alpha value is -1.30. The highest BCUT2D eigenvalue weighted by atomic mass is 35.5. The molecule has 2 atom stereocenters. The van der Waals surface area contributed by atoms with Crippen molar-refractivity contribution in [2.45, 2.75) is 32.4 Å². The molecule has 0 aliphatic rings. The number of nitrogens with zero attached hydrogens (tertiary/aromatic N) is 2. The molecular formula is C14H19Cl2N3O2. The predicted molar refractivity (Wildman–Crippen MR) is 84.3 cm³/mol. The molecule has 0 spiro atoms. The molecule has 0 bridgehead atoms. The number of hydrogen-bond acceptors (Lipinski definition) is 5. The van der Waals surface area contributed by atoms with Gasteiger partial charge in [0.05, 0.1) is 0 Å². The van der Waals surface area contributed by atoms with Gasteiger partial charge in [0.2, 0.25) is 0 Å². The van der Waals surface area contributed by atoms with Gasteiger partial charge in [-0.15, -0.1) is 12.4 Å². The van der Waals surface area contributed by atoms with E-state index in [1.807, 2.05) is 26.1 Å². The van der Waals surface area contributed by atoms with Gasteiger partial charge in [-0.25, -0.2) is 0 Å². The highest BCUT2D eigenvalue weighted by Crippen LogP contribution is 2.23. The van der Waals surface area contributed by atoms with E-state index in [0.29, 0.717) is 34.9 Å². The van der Waals surface area contributed by atoms with Crippen molar-refractivity contribution in [3.05, 3.63) is 41.0 Å². The lowest BCUT2D eigenvalue weighted by atomic mass is 10.2. The van der Waals surface area contributed by atoms with Crippen LogP contribution >= 0.6 is 24.0 Å². The van der Waals surface area contributed by atoms with E-state index in [2.05, 4.69) is 22.4 Å². The number of rotatable bonds is 6. The Bertz CT molecular complexity index is 563. The quantitative estimate of drug-likeness (QED) is 0.878. The van der Waals surface area contributed by atoms with Gasteiger partial charge in [-0.1, -0.05) is 22.8 Å². The van der Waals surface area contributed by atoms with E-state index in [-0.39, 0.29) is 18.5 Å². The molecule has 0 amide bonds. The average Bonchev–Trinajstić information content (AvgIpc) is 2.87. The first kappa shape index (κ1) is 17.8. The van der Waals surface area contributed by atoms with Crippen molar-refractivity contribution in [3.8, 4) is 5.75 Å². The lowest BCUT2D eigenvalue weighted by Gasteiger charge is -2.10. The Morgan fingerprint density at radius 2 is 2.14 bits per heavy atom. The molecule has 2 aromatic rings. The molecule has 21 heavy (non-hydrogen) atoms. The molecule has 1 N–H and O–H groups in total. The summed E-state index contributed by atoms with van der Waals surface area (Å²) >= 11 is 5.91. The van der Waals surface area contributed by atoms with Crippen molar-refractivity contribution in [2.24, 2.45) is 0 Å². The Morgan fingerprint density at radius 1 is 1.38 bits per heavy atom. The first-order valence-corrected chi connectivity index (χ1v) is 6.88. The fourth-order valence-electron chi connectivity index (χ4n) is 1.69. The van der Waals surface area contributed by atoms with Crippen molar-refractivity contribution in [1.29, 1.82) is 0 Å². The SMILES string of the molecule is CNC(C)Cc1noc(C(C)Oc2cccc(Cl)c2)n1.Cl. The molecule has 0 saturated carbocycles. The van der Waals surface area contributed by atoms with Crippen LogP contribution in [-0.4, -0.2) is 23.2 Å².